The van der Waals surface area contributed by atoms with Crippen molar-refractivity contribution in [3.05, 3.63) is 53.4 Å². The summed E-state index contributed by atoms with van der Waals surface area (Å²) in [7, 11) is 0. The van der Waals surface area contributed by atoms with Crippen LogP contribution in [0.5, 0.6) is 0 Å². The summed E-state index contributed by atoms with van der Waals surface area (Å²) in [5.74, 6) is -1.29. The fourth-order valence-electron chi connectivity index (χ4n) is 2.97. The lowest BCUT2D eigenvalue weighted by molar-refractivity contribution is -0.136. The molecule has 0 spiro atoms. The van der Waals surface area contributed by atoms with Crippen LogP contribution < -0.4 is 10.6 Å². The van der Waals surface area contributed by atoms with E-state index in [-0.39, 0.29) is 11.8 Å². The second kappa shape index (κ2) is 8.73. The maximum Gasteiger partial charge on any atom is 0.313 e. The molecule has 0 aliphatic carbocycles. The van der Waals surface area contributed by atoms with Gasteiger partial charge in [0.2, 0.25) is 0 Å². The van der Waals surface area contributed by atoms with Gasteiger partial charge in [-0.05, 0) is 37.0 Å². The third-order valence-electron chi connectivity index (χ3n) is 4.55. The first-order chi connectivity index (χ1) is 13.0. The van der Waals surface area contributed by atoms with E-state index < -0.39 is 11.8 Å². The number of furan rings is 1. The van der Waals surface area contributed by atoms with Crippen molar-refractivity contribution in [2.75, 3.05) is 25.0 Å². The number of benzene rings is 1. The molecule has 7 nitrogen and oxygen atoms in total. The van der Waals surface area contributed by atoms with E-state index in [1.807, 2.05) is 0 Å². The number of piperidine rings is 1. The quantitative estimate of drug-likeness (QED) is 0.786. The van der Waals surface area contributed by atoms with Gasteiger partial charge in [0.1, 0.15) is 6.26 Å². The molecule has 1 aromatic carbocycles. The largest absolute Gasteiger partial charge is 0.472 e. The van der Waals surface area contributed by atoms with Gasteiger partial charge in [0.05, 0.1) is 22.5 Å². The van der Waals surface area contributed by atoms with Crippen LogP contribution in [0.3, 0.4) is 0 Å². The average Bonchev–Trinajstić information content (AvgIpc) is 3.22. The minimum absolute atomic E-state index is 0.0506. The SMILES string of the molecule is O=C(NCC1CCN(C(=O)c2ccoc2)CC1)C(=O)Nc1ccccc1Cl. The Morgan fingerprint density at radius 2 is 1.85 bits per heavy atom. The van der Waals surface area contributed by atoms with Crippen molar-refractivity contribution in [1.82, 2.24) is 10.2 Å². The van der Waals surface area contributed by atoms with E-state index in [4.69, 9.17) is 16.0 Å². The number of anilines is 1. The zero-order valence-corrected chi connectivity index (χ0v) is 15.4. The van der Waals surface area contributed by atoms with Crippen LogP contribution in [-0.4, -0.2) is 42.3 Å². The van der Waals surface area contributed by atoms with Crippen LogP contribution in [0, 0.1) is 5.92 Å². The first-order valence-electron chi connectivity index (χ1n) is 8.70. The Morgan fingerprint density at radius 1 is 1.11 bits per heavy atom. The van der Waals surface area contributed by atoms with E-state index in [9.17, 15) is 14.4 Å². The van der Waals surface area contributed by atoms with Crippen LogP contribution >= 0.6 is 11.6 Å². The molecule has 1 aromatic heterocycles. The minimum Gasteiger partial charge on any atom is -0.472 e. The van der Waals surface area contributed by atoms with Crippen molar-refractivity contribution in [2.24, 2.45) is 5.92 Å². The van der Waals surface area contributed by atoms with Gasteiger partial charge in [-0.3, -0.25) is 14.4 Å². The summed E-state index contributed by atoms with van der Waals surface area (Å²) in [4.78, 5) is 38.0. The smallest absolute Gasteiger partial charge is 0.313 e. The van der Waals surface area contributed by atoms with Crippen LogP contribution in [-0.2, 0) is 9.59 Å². The molecule has 1 saturated heterocycles. The van der Waals surface area contributed by atoms with Gasteiger partial charge in [0.15, 0.2) is 0 Å². The van der Waals surface area contributed by atoms with E-state index in [2.05, 4.69) is 10.6 Å². The normalized spacial score (nSPS) is 14.6. The Bertz CT molecular complexity index is 814. The van der Waals surface area contributed by atoms with Gasteiger partial charge in [0.25, 0.3) is 5.91 Å². The highest BCUT2D eigenvalue weighted by molar-refractivity contribution is 6.41. The molecule has 0 atom stereocenters. The van der Waals surface area contributed by atoms with Gasteiger partial charge in [0, 0.05) is 19.6 Å². The molecule has 3 amide bonds. The Morgan fingerprint density at radius 3 is 2.52 bits per heavy atom. The van der Waals surface area contributed by atoms with Crippen molar-refractivity contribution in [1.29, 1.82) is 0 Å². The molecule has 1 aliphatic rings. The fraction of sp³-hybridized carbons (Fsp3) is 0.316. The molecule has 8 heteroatoms. The van der Waals surface area contributed by atoms with Crippen molar-refractivity contribution in [2.45, 2.75) is 12.8 Å². The van der Waals surface area contributed by atoms with E-state index >= 15 is 0 Å². The van der Waals surface area contributed by atoms with Gasteiger partial charge in [-0.15, -0.1) is 0 Å². The maximum absolute atomic E-state index is 12.3. The summed E-state index contributed by atoms with van der Waals surface area (Å²) >= 11 is 5.96. The maximum atomic E-state index is 12.3. The van der Waals surface area contributed by atoms with Gasteiger partial charge in [-0.2, -0.15) is 0 Å². The Balaban J connectivity index is 1.42. The fourth-order valence-corrected chi connectivity index (χ4v) is 3.15. The number of amides is 3. The minimum atomic E-state index is -0.754. The lowest BCUT2D eigenvalue weighted by Gasteiger charge is -2.31. The molecule has 142 valence electrons. The molecule has 0 bridgehead atoms. The molecule has 0 radical (unpaired) electrons. The molecular weight excluding hydrogens is 370 g/mol. The average molecular weight is 390 g/mol. The number of halogens is 1. The van der Waals surface area contributed by atoms with Gasteiger partial charge in [-0.1, -0.05) is 23.7 Å². The number of carbonyl (C=O) groups is 3. The molecule has 2 N–H and O–H groups in total. The predicted molar refractivity (Wildman–Crippen MR) is 100 cm³/mol. The summed E-state index contributed by atoms with van der Waals surface area (Å²) in [5, 5.41) is 5.51. The van der Waals surface area contributed by atoms with Gasteiger partial charge >= 0.3 is 11.8 Å². The van der Waals surface area contributed by atoms with Crippen molar-refractivity contribution < 1.29 is 18.8 Å². The summed E-state index contributed by atoms with van der Waals surface area (Å²) in [6, 6.07) is 8.36. The van der Waals surface area contributed by atoms with E-state index in [1.54, 1.807) is 35.2 Å². The van der Waals surface area contributed by atoms with E-state index in [0.717, 1.165) is 12.8 Å². The zero-order chi connectivity index (χ0) is 19.2. The molecular formula is C19H20ClN3O4. The van der Waals surface area contributed by atoms with E-state index in [1.165, 1.54) is 12.5 Å². The Labute approximate surface area is 161 Å². The predicted octanol–water partition coefficient (Wildman–Crippen LogP) is 2.54. The molecule has 27 heavy (non-hydrogen) atoms. The number of hydrogen-bond donors (Lipinski definition) is 2. The number of likely N-dealkylation sites (tertiary alicyclic amines) is 1. The highest BCUT2D eigenvalue weighted by Gasteiger charge is 2.25. The molecule has 0 saturated carbocycles. The first-order valence-corrected chi connectivity index (χ1v) is 9.07. The molecule has 3 rings (SSSR count). The van der Waals surface area contributed by atoms with Crippen LogP contribution in [0.2, 0.25) is 5.02 Å². The molecule has 0 unspecified atom stereocenters. The molecule has 2 aromatic rings. The standard InChI is InChI=1S/C19H20ClN3O4/c20-15-3-1-2-4-16(15)22-18(25)17(24)21-11-13-5-8-23(9-6-13)19(26)14-7-10-27-12-14/h1-4,7,10,12-13H,5-6,8-9,11H2,(H,21,24)(H,22,25). The number of hydrogen-bond acceptors (Lipinski definition) is 4. The van der Waals surface area contributed by atoms with Crippen LogP contribution in [0.25, 0.3) is 0 Å². The zero-order valence-electron chi connectivity index (χ0n) is 14.6. The number of rotatable bonds is 4. The number of nitrogens with one attached hydrogen (secondary N) is 2. The highest BCUT2D eigenvalue weighted by Crippen LogP contribution is 2.21. The number of carbonyl (C=O) groups excluding carboxylic acids is 3. The third-order valence-corrected chi connectivity index (χ3v) is 4.88. The topological polar surface area (TPSA) is 91.7 Å². The summed E-state index contributed by atoms with van der Waals surface area (Å²) in [5.41, 5.74) is 0.934. The number of para-hydroxylation sites is 1. The van der Waals surface area contributed by atoms with Crippen LogP contribution in [0.15, 0.2) is 47.3 Å². The highest BCUT2D eigenvalue weighted by atomic mass is 35.5. The monoisotopic (exact) mass is 389 g/mol. The molecule has 1 aliphatic heterocycles. The first kappa shape index (κ1) is 19.0. The summed E-state index contributed by atoms with van der Waals surface area (Å²) in [6.07, 6.45) is 4.43. The van der Waals surface area contributed by atoms with Crippen molar-refractivity contribution >= 4 is 35.0 Å². The van der Waals surface area contributed by atoms with Crippen molar-refractivity contribution in [3.63, 3.8) is 0 Å². The van der Waals surface area contributed by atoms with E-state index in [0.29, 0.717) is 35.9 Å². The van der Waals surface area contributed by atoms with Crippen LogP contribution in [0.4, 0.5) is 5.69 Å². The Kier molecular flexibility index (Phi) is 6.13. The van der Waals surface area contributed by atoms with Crippen LogP contribution in [0.1, 0.15) is 23.2 Å². The lowest BCUT2D eigenvalue weighted by Crippen LogP contribution is -2.43. The van der Waals surface area contributed by atoms with Gasteiger partial charge < -0.3 is 20.0 Å². The summed E-state index contributed by atoms with van der Waals surface area (Å²) in [6.45, 7) is 1.61. The third kappa shape index (κ3) is 4.89. The van der Waals surface area contributed by atoms with Gasteiger partial charge in [-0.25, -0.2) is 0 Å². The lowest BCUT2D eigenvalue weighted by atomic mass is 9.96. The van der Waals surface area contributed by atoms with Crippen molar-refractivity contribution in [3.8, 4) is 0 Å². The Hall–Kier alpha value is -2.80. The molecule has 2 heterocycles. The second-order valence-corrected chi connectivity index (χ2v) is 6.80. The summed E-state index contributed by atoms with van der Waals surface area (Å²) < 4.78 is 4.94. The molecule has 1 fully saturated rings. The second-order valence-electron chi connectivity index (χ2n) is 6.39. The number of nitrogens with zero attached hydrogens (tertiary/aromatic N) is 1.